The van der Waals surface area contributed by atoms with Gasteiger partial charge in [-0.3, -0.25) is 15.0 Å². The van der Waals surface area contributed by atoms with Gasteiger partial charge in [0.2, 0.25) is 0 Å². The molecule has 25 heavy (non-hydrogen) atoms. The Morgan fingerprint density at radius 1 is 1.20 bits per heavy atom. The minimum Gasteiger partial charge on any atom is -0.378 e. The fourth-order valence-electron chi connectivity index (χ4n) is 3.33. The summed E-state index contributed by atoms with van der Waals surface area (Å²) in [5, 5.41) is 3.33. The van der Waals surface area contributed by atoms with Crippen molar-refractivity contribution in [1.29, 1.82) is 0 Å². The molecule has 6 heteroatoms. The molecule has 3 heterocycles. The molecule has 0 saturated carbocycles. The summed E-state index contributed by atoms with van der Waals surface area (Å²) in [6, 6.07) is 5.96. The molecule has 1 aliphatic heterocycles. The number of anilines is 2. The molecule has 1 aliphatic rings. The first-order valence-corrected chi connectivity index (χ1v) is 8.52. The maximum atomic E-state index is 14.4. The van der Waals surface area contributed by atoms with Gasteiger partial charge in [0.05, 0.1) is 34.8 Å². The third-order valence-corrected chi connectivity index (χ3v) is 4.63. The lowest BCUT2D eigenvalue weighted by molar-refractivity contribution is 0.614. The van der Waals surface area contributed by atoms with E-state index in [1.165, 1.54) is 6.20 Å². The van der Waals surface area contributed by atoms with Gasteiger partial charge in [-0.2, -0.15) is 0 Å². The summed E-state index contributed by atoms with van der Waals surface area (Å²) in [7, 11) is 0. The van der Waals surface area contributed by atoms with E-state index >= 15 is 0 Å². The van der Waals surface area contributed by atoms with Crippen LogP contribution in [0.25, 0.3) is 11.0 Å². The summed E-state index contributed by atoms with van der Waals surface area (Å²) < 4.78 is 14.4. The van der Waals surface area contributed by atoms with Crippen molar-refractivity contribution in [2.24, 2.45) is 5.92 Å². The van der Waals surface area contributed by atoms with Gasteiger partial charge in [-0.1, -0.05) is 13.0 Å². The summed E-state index contributed by atoms with van der Waals surface area (Å²) in [6.07, 6.45) is 7.44. The largest absolute Gasteiger partial charge is 0.378 e. The van der Waals surface area contributed by atoms with Crippen molar-refractivity contribution in [1.82, 2.24) is 15.0 Å². The normalized spacial score (nSPS) is 17.2. The van der Waals surface area contributed by atoms with Crippen molar-refractivity contribution in [3.05, 3.63) is 54.4 Å². The smallest absolute Gasteiger partial charge is 0.166 e. The number of hydrogen-bond donors (Lipinski definition) is 1. The monoisotopic (exact) mass is 337 g/mol. The molecule has 5 nitrogen and oxygen atoms in total. The molecule has 4 rings (SSSR count). The second-order valence-corrected chi connectivity index (χ2v) is 6.59. The number of hydrogen-bond acceptors (Lipinski definition) is 5. The predicted octanol–water partition coefficient (Wildman–Crippen LogP) is 3.62. The average molecular weight is 337 g/mol. The van der Waals surface area contributed by atoms with E-state index in [2.05, 4.69) is 32.1 Å². The van der Waals surface area contributed by atoms with Crippen LogP contribution in [0.4, 0.5) is 15.8 Å². The second kappa shape index (κ2) is 6.63. The van der Waals surface area contributed by atoms with E-state index in [4.69, 9.17) is 0 Å². The van der Waals surface area contributed by atoms with E-state index < -0.39 is 0 Å². The molecular weight excluding hydrogens is 317 g/mol. The van der Waals surface area contributed by atoms with Crippen molar-refractivity contribution in [2.45, 2.75) is 19.9 Å². The summed E-state index contributed by atoms with van der Waals surface area (Å²) >= 11 is 0. The van der Waals surface area contributed by atoms with Gasteiger partial charge in [0.25, 0.3) is 0 Å². The van der Waals surface area contributed by atoms with Gasteiger partial charge < -0.3 is 10.2 Å². The lowest BCUT2D eigenvalue weighted by Gasteiger charge is -2.22. The minimum atomic E-state index is -0.275. The Labute approximate surface area is 145 Å². The topological polar surface area (TPSA) is 53.9 Å². The Morgan fingerprint density at radius 3 is 2.84 bits per heavy atom. The second-order valence-electron chi connectivity index (χ2n) is 6.59. The Bertz CT molecular complexity index is 898. The highest BCUT2D eigenvalue weighted by Gasteiger charge is 2.24. The standard InChI is InChI=1S/C19H20FN5/c1-13-4-7-25(12-13)19-15(20)10-21-11-18(19)24-9-14-2-3-16-17(8-14)23-6-5-22-16/h2-3,5-6,8,10-11,13,24H,4,7,9,12H2,1H3. The van der Waals surface area contributed by atoms with E-state index in [1.807, 2.05) is 18.2 Å². The van der Waals surface area contributed by atoms with Crippen LogP contribution in [-0.2, 0) is 6.54 Å². The lowest BCUT2D eigenvalue weighted by atomic mass is 10.2. The fourth-order valence-corrected chi connectivity index (χ4v) is 3.33. The van der Waals surface area contributed by atoms with Crippen molar-refractivity contribution in [3.63, 3.8) is 0 Å². The maximum absolute atomic E-state index is 14.4. The molecular formula is C19H20FN5. The molecule has 3 aromatic rings. The number of rotatable bonds is 4. The molecule has 2 aromatic heterocycles. The van der Waals surface area contributed by atoms with Gasteiger partial charge in [-0.15, -0.1) is 0 Å². The molecule has 0 bridgehead atoms. The summed E-state index contributed by atoms with van der Waals surface area (Å²) in [5.41, 5.74) is 4.14. The molecule has 0 amide bonds. The minimum absolute atomic E-state index is 0.275. The van der Waals surface area contributed by atoms with Gasteiger partial charge in [-0.05, 0) is 30.0 Å². The van der Waals surface area contributed by atoms with E-state index in [-0.39, 0.29) is 5.82 Å². The first kappa shape index (κ1) is 15.7. The Kier molecular flexibility index (Phi) is 4.17. The van der Waals surface area contributed by atoms with Gasteiger partial charge >= 0.3 is 0 Å². The quantitative estimate of drug-likeness (QED) is 0.788. The number of fused-ring (bicyclic) bond motifs is 1. The van der Waals surface area contributed by atoms with Crippen molar-refractivity contribution < 1.29 is 4.39 Å². The summed E-state index contributed by atoms with van der Waals surface area (Å²) in [5.74, 6) is 0.308. The van der Waals surface area contributed by atoms with Crippen molar-refractivity contribution >= 4 is 22.4 Å². The maximum Gasteiger partial charge on any atom is 0.166 e. The van der Waals surface area contributed by atoms with E-state index in [0.29, 0.717) is 18.2 Å². The summed E-state index contributed by atoms with van der Waals surface area (Å²) in [6.45, 7) is 4.53. The molecule has 1 atom stereocenters. The third-order valence-electron chi connectivity index (χ3n) is 4.63. The van der Waals surface area contributed by atoms with Crippen LogP contribution in [0.5, 0.6) is 0 Å². The molecule has 0 aliphatic carbocycles. The van der Waals surface area contributed by atoms with Gasteiger partial charge in [-0.25, -0.2) is 4.39 Å². The zero-order valence-electron chi connectivity index (χ0n) is 14.1. The SMILES string of the molecule is CC1CCN(c2c(F)cncc2NCc2ccc3nccnc3c2)C1. The number of nitrogens with zero attached hydrogens (tertiary/aromatic N) is 4. The van der Waals surface area contributed by atoms with Crippen LogP contribution in [0.3, 0.4) is 0 Å². The highest BCUT2D eigenvalue weighted by atomic mass is 19.1. The Balaban J connectivity index is 1.57. The molecule has 1 N–H and O–H groups in total. The third kappa shape index (κ3) is 3.24. The van der Waals surface area contributed by atoms with Gasteiger partial charge in [0.15, 0.2) is 5.82 Å². The Hall–Kier alpha value is -2.76. The number of aromatic nitrogens is 3. The van der Waals surface area contributed by atoms with Crippen LogP contribution in [0.2, 0.25) is 0 Å². The fraction of sp³-hybridized carbons (Fsp3) is 0.316. The van der Waals surface area contributed by atoms with E-state index in [1.54, 1.807) is 18.6 Å². The van der Waals surface area contributed by atoms with E-state index in [9.17, 15) is 4.39 Å². The predicted molar refractivity (Wildman–Crippen MR) is 97.1 cm³/mol. The van der Waals surface area contributed by atoms with Crippen LogP contribution in [-0.4, -0.2) is 28.0 Å². The Morgan fingerprint density at radius 2 is 2.04 bits per heavy atom. The molecule has 1 unspecified atom stereocenters. The van der Waals surface area contributed by atoms with Crippen LogP contribution in [0.1, 0.15) is 18.9 Å². The molecule has 0 spiro atoms. The van der Waals surface area contributed by atoms with E-state index in [0.717, 1.165) is 41.8 Å². The molecule has 1 saturated heterocycles. The first-order chi connectivity index (χ1) is 12.2. The summed E-state index contributed by atoms with van der Waals surface area (Å²) in [4.78, 5) is 14.7. The molecule has 1 aromatic carbocycles. The molecule has 0 radical (unpaired) electrons. The number of nitrogens with one attached hydrogen (secondary N) is 1. The van der Waals surface area contributed by atoms with Crippen molar-refractivity contribution in [3.8, 4) is 0 Å². The highest BCUT2D eigenvalue weighted by Crippen LogP contribution is 2.32. The lowest BCUT2D eigenvalue weighted by Crippen LogP contribution is -2.22. The zero-order valence-corrected chi connectivity index (χ0v) is 14.1. The van der Waals surface area contributed by atoms with Crippen LogP contribution in [0, 0.1) is 11.7 Å². The molecule has 128 valence electrons. The van der Waals surface area contributed by atoms with Crippen LogP contribution in [0.15, 0.2) is 43.0 Å². The number of halogens is 1. The van der Waals surface area contributed by atoms with Gasteiger partial charge in [0.1, 0.15) is 0 Å². The first-order valence-electron chi connectivity index (χ1n) is 8.52. The zero-order chi connectivity index (χ0) is 17.2. The van der Waals surface area contributed by atoms with Crippen LogP contribution >= 0.6 is 0 Å². The number of benzene rings is 1. The van der Waals surface area contributed by atoms with Crippen molar-refractivity contribution in [2.75, 3.05) is 23.3 Å². The van der Waals surface area contributed by atoms with Crippen LogP contribution < -0.4 is 10.2 Å². The average Bonchev–Trinajstić information content (AvgIpc) is 3.05. The van der Waals surface area contributed by atoms with Gasteiger partial charge in [0, 0.05) is 32.0 Å². The highest BCUT2D eigenvalue weighted by molar-refractivity contribution is 5.75. The molecule has 1 fully saturated rings. The number of pyridine rings is 1.